The SMILES string of the molecule is Cc1noc(C)c1-c1ccc2c(c1)C(c1cccc(N3C(=O)C(c4ccccc4)(N4CC[C@@H](NC(=O)OC(C)(C)C)C4)c4cc(-c5c(C)noc5C)ccc43)c1)(N1CCC[C@H](NC(=O)OC(C)(C)C)C1)C(=O)N2. The topological polar surface area (TPSA) is 185 Å². The zero-order valence-electron chi connectivity index (χ0n) is 43.3. The summed E-state index contributed by atoms with van der Waals surface area (Å²) in [6.07, 6.45) is 0.890. The number of ether oxygens (including phenoxy) is 2. The maximum Gasteiger partial charge on any atom is 0.407 e. The molecule has 73 heavy (non-hydrogen) atoms. The molecule has 2 saturated heterocycles. The highest BCUT2D eigenvalue weighted by Crippen LogP contribution is 2.55. The van der Waals surface area contributed by atoms with Crippen LogP contribution in [0.4, 0.5) is 26.7 Å². The number of nitrogens with zero attached hydrogens (tertiary/aromatic N) is 5. The van der Waals surface area contributed by atoms with Gasteiger partial charge < -0.3 is 34.5 Å². The van der Waals surface area contributed by atoms with Gasteiger partial charge in [0, 0.05) is 65.3 Å². The molecule has 0 saturated carbocycles. The second-order valence-corrected chi connectivity index (χ2v) is 21.8. The van der Waals surface area contributed by atoms with Crippen LogP contribution in [-0.2, 0) is 30.1 Å². The van der Waals surface area contributed by atoms with Gasteiger partial charge in [-0.2, -0.15) is 0 Å². The molecule has 6 heterocycles. The molecule has 0 radical (unpaired) electrons. The van der Waals surface area contributed by atoms with Crippen LogP contribution in [0.25, 0.3) is 22.3 Å². The number of nitrogens with one attached hydrogen (secondary N) is 3. The van der Waals surface area contributed by atoms with E-state index in [2.05, 4.69) is 42.1 Å². The molecule has 4 aliphatic heterocycles. The molecule has 2 aromatic heterocycles. The van der Waals surface area contributed by atoms with Gasteiger partial charge in [-0.3, -0.25) is 24.3 Å². The lowest BCUT2D eigenvalue weighted by atomic mass is 9.79. The van der Waals surface area contributed by atoms with Crippen LogP contribution in [0, 0.1) is 27.7 Å². The van der Waals surface area contributed by atoms with Crippen LogP contribution < -0.4 is 20.9 Å². The fraction of sp³-hybridized carbons (Fsp3) is 0.404. The first-order chi connectivity index (χ1) is 34.7. The minimum Gasteiger partial charge on any atom is -0.444 e. The molecule has 10 rings (SSSR count). The molecule has 4 aromatic carbocycles. The Morgan fingerprint density at radius 2 is 1.22 bits per heavy atom. The van der Waals surface area contributed by atoms with E-state index in [0.29, 0.717) is 79.6 Å². The maximum absolute atomic E-state index is 16.5. The largest absolute Gasteiger partial charge is 0.444 e. The molecule has 4 amide bonds. The number of benzene rings is 4. The molecule has 0 spiro atoms. The van der Waals surface area contributed by atoms with Crippen molar-refractivity contribution in [1.82, 2.24) is 30.7 Å². The molecule has 16 nitrogen and oxygen atoms in total. The molecular weight excluding hydrogens is 925 g/mol. The van der Waals surface area contributed by atoms with Crippen LogP contribution in [0.15, 0.2) is 100 Å². The number of amides is 4. The van der Waals surface area contributed by atoms with Gasteiger partial charge in [0.15, 0.2) is 11.1 Å². The highest BCUT2D eigenvalue weighted by Gasteiger charge is 2.59. The van der Waals surface area contributed by atoms with Crippen molar-refractivity contribution >= 4 is 41.1 Å². The molecular formula is C57H64N8O8. The summed E-state index contributed by atoms with van der Waals surface area (Å²) in [4.78, 5) is 64.5. The van der Waals surface area contributed by atoms with Gasteiger partial charge in [-0.1, -0.05) is 64.9 Å². The van der Waals surface area contributed by atoms with Crippen LogP contribution in [0.5, 0.6) is 0 Å². The van der Waals surface area contributed by atoms with Gasteiger partial charge in [-0.15, -0.1) is 0 Å². The Kier molecular flexibility index (Phi) is 12.4. The molecule has 4 aliphatic rings. The zero-order chi connectivity index (χ0) is 51.8. The lowest BCUT2D eigenvalue weighted by Crippen LogP contribution is -2.59. The summed E-state index contributed by atoms with van der Waals surface area (Å²) in [5.41, 5.74) is 5.33. The first-order valence-electron chi connectivity index (χ1n) is 25.2. The number of rotatable bonds is 9. The number of carbonyl (C=O) groups is 4. The summed E-state index contributed by atoms with van der Waals surface area (Å²) >= 11 is 0. The monoisotopic (exact) mass is 988 g/mol. The molecule has 4 atom stereocenters. The minimum absolute atomic E-state index is 0.217. The molecule has 0 aliphatic carbocycles. The highest BCUT2D eigenvalue weighted by atomic mass is 16.6. The van der Waals surface area contributed by atoms with Gasteiger partial charge in [0.25, 0.3) is 11.8 Å². The van der Waals surface area contributed by atoms with E-state index >= 15 is 9.59 Å². The highest BCUT2D eigenvalue weighted by molar-refractivity contribution is 6.15. The molecule has 3 N–H and O–H groups in total. The van der Waals surface area contributed by atoms with Crippen molar-refractivity contribution in [2.24, 2.45) is 0 Å². The van der Waals surface area contributed by atoms with Gasteiger partial charge in [0.2, 0.25) is 0 Å². The molecule has 2 fully saturated rings. The van der Waals surface area contributed by atoms with E-state index in [4.69, 9.17) is 18.5 Å². The van der Waals surface area contributed by atoms with E-state index in [0.717, 1.165) is 50.3 Å². The van der Waals surface area contributed by atoms with E-state index in [-0.39, 0.29) is 23.9 Å². The molecule has 6 aromatic rings. The van der Waals surface area contributed by atoms with Crippen molar-refractivity contribution < 1.29 is 37.7 Å². The summed E-state index contributed by atoms with van der Waals surface area (Å²) in [6, 6.07) is 28.9. The predicted molar refractivity (Wildman–Crippen MR) is 276 cm³/mol. The van der Waals surface area contributed by atoms with Gasteiger partial charge in [0.1, 0.15) is 22.7 Å². The third-order valence-corrected chi connectivity index (χ3v) is 14.5. The summed E-state index contributed by atoms with van der Waals surface area (Å²) < 4.78 is 22.7. The van der Waals surface area contributed by atoms with Crippen molar-refractivity contribution in [2.45, 2.75) is 123 Å². The number of aryl methyl sites for hydroxylation is 4. The first kappa shape index (κ1) is 49.3. The number of carbonyl (C=O) groups excluding carboxylic acids is 4. The zero-order valence-corrected chi connectivity index (χ0v) is 43.3. The smallest absolute Gasteiger partial charge is 0.407 e. The van der Waals surface area contributed by atoms with Crippen LogP contribution in [0.3, 0.4) is 0 Å². The first-order valence-corrected chi connectivity index (χ1v) is 25.2. The van der Waals surface area contributed by atoms with E-state index < -0.39 is 34.5 Å². The van der Waals surface area contributed by atoms with Gasteiger partial charge in [0.05, 0.1) is 17.1 Å². The van der Waals surface area contributed by atoms with Gasteiger partial charge in [-0.05, 0) is 154 Å². The number of fused-ring (bicyclic) bond motifs is 2. The van der Waals surface area contributed by atoms with E-state index in [1.165, 1.54) is 0 Å². The maximum atomic E-state index is 16.5. The Morgan fingerprint density at radius 3 is 1.81 bits per heavy atom. The Bertz CT molecular complexity index is 3110. The molecule has 2 unspecified atom stereocenters. The normalized spacial score (nSPS) is 22.2. The molecule has 380 valence electrons. The Balaban J connectivity index is 1.14. The Labute approximate surface area is 425 Å². The van der Waals surface area contributed by atoms with Crippen LogP contribution in [-0.4, -0.2) is 93.6 Å². The molecule has 16 heteroatoms. The standard InChI is InChI=1S/C57H64N8O8/c1-33-48(35(3)72-61-33)37-21-23-46-44(28-37)56(50(66)60-46,63-26-15-19-41(31-63)58-52(68)70-54(5,6)7)40-18-14-20-43(30-40)65-47-24-22-38(49-34(2)62-73-36(49)4)29-45(47)57(51(65)67,39-16-12-11-13-17-39)64-27-25-42(32-64)59-53(69)71-55(8,9)10/h11-14,16-18,20-24,28-30,41-42H,15,19,25-27,31-32H2,1-10H3,(H,58,68)(H,59,69)(H,60,66)/t41-,42+,56?,57?/m0/s1. The second kappa shape index (κ2) is 18.3. The lowest BCUT2D eigenvalue weighted by Gasteiger charge is -2.45. The van der Waals surface area contributed by atoms with Gasteiger partial charge >= 0.3 is 12.2 Å². The number of alkyl carbamates (subject to hydrolysis) is 2. The van der Waals surface area contributed by atoms with Crippen molar-refractivity contribution in [1.29, 1.82) is 0 Å². The predicted octanol–water partition coefficient (Wildman–Crippen LogP) is 9.94. The Hall–Kier alpha value is -7.30. The third-order valence-electron chi connectivity index (χ3n) is 14.5. The second-order valence-electron chi connectivity index (χ2n) is 21.8. The van der Waals surface area contributed by atoms with E-state index in [9.17, 15) is 9.59 Å². The number of aromatic nitrogens is 2. The van der Waals surface area contributed by atoms with Crippen molar-refractivity contribution in [3.05, 3.63) is 136 Å². The van der Waals surface area contributed by atoms with Crippen molar-refractivity contribution in [3.8, 4) is 22.3 Å². The fourth-order valence-electron chi connectivity index (χ4n) is 11.7. The average molecular weight is 989 g/mol. The summed E-state index contributed by atoms with van der Waals surface area (Å²) in [6.45, 7) is 20.2. The Morgan fingerprint density at radius 1 is 0.658 bits per heavy atom. The van der Waals surface area contributed by atoms with E-state index in [1.807, 2.05) is 154 Å². The molecule has 0 bridgehead atoms. The average Bonchev–Trinajstić information content (AvgIpc) is 4.13. The lowest BCUT2D eigenvalue weighted by molar-refractivity contribution is -0.127. The van der Waals surface area contributed by atoms with Crippen LogP contribution >= 0.6 is 0 Å². The van der Waals surface area contributed by atoms with Crippen molar-refractivity contribution in [2.75, 3.05) is 36.4 Å². The quantitative estimate of drug-likeness (QED) is 0.125. The number of likely N-dealkylation sites (tertiary alicyclic amines) is 2. The van der Waals surface area contributed by atoms with Gasteiger partial charge in [-0.25, -0.2) is 9.59 Å². The van der Waals surface area contributed by atoms with Crippen LogP contribution in [0.2, 0.25) is 0 Å². The van der Waals surface area contributed by atoms with Crippen molar-refractivity contribution in [3.63, 3.8) is 0 Å². The third kappa shape index (κ3) is 8.63. The van der Waals surface area contributed by atoms with E-state index in [1.54, 1.807) is 4.90 Å². The summed E-state index contributed by atoms with van der Waals surface area (Å²) in [7, 11) is 0. The minimum atomic E-state index is -1.43. The number of hydrogen-bond donors (Lipinski definition) is 3. The van der Waals surface area contributed by atoms with Crippen LogP contribution in [0.1, 0.15) is 106 Å². The number of hydrogen-bond acceptors (Lipinski definition) is 12. The fourth-order valence-corrected chi connectivity index (χ4v) is 11.7. The number of piperidine rings is 1. The summed E-state index contributed by atoms with van der Waals surface area (Å²) in [5, 5.41) is 18.0. The summed E-state index contributed by atoms with van der Waals surface area (Å²) in [5.74, 6) is 0.825. The number of anilines is 3.